The Balaban J connectivity index is 0.00000190. The van der Waals surface area contributed by atoms with Crippen molar-refractivity contribution in [3.8, 4) is 0 Å². The maximum Gasteiger partial charge on any atom is 0.428 e. The third-order valence-corrected chi connectivity index (χ3v) is 7.00. The van der Waals surface area contributed by atoms with Gasteiger partial charge >= 0.3 is 6.09 Å². The average molecular weight is 437 g/mol. The molecule has 2 aliphatic heterocycles. The first kappa shape index (κ1) is 25.1. The van der Waals surface area contributed by atoms with E-state index in [0.717, 1.165) is 12.6 Å². The molecule has 0 aromatic heterocycles. The maximum absolute atomic E-state index is 12.7. The highest BCUT2D eigenvalue weighted by Crippen LogP contribution is 2.37. The molecule has 0 bridgehead atoms. The van der Waals surface area contributed by atoms with E-state index in [9.17, 15) is 14.4 Å². The number of hydrogen-bond acceptors (Lipinski definition) is 6. The lowest BCUT2D eigenvalue weighted by molar-refractivity contribution is -0.142. The van der Waals surface area contributed by atoms with Crippen molar-refractivity contribution < 1.29 is 18.9 Å². The van der Waals surface area contributed by atoms with Gasteiger partial charge in [-0.15, -0.1) is 11.6 Å². The number of alkyl halides is 1. The molecule has 2 amide bonds. The Morgan fingerprint density at radius 2 is 2.04 bits per heavy atom. The minimum absolute atomic E-state index is 0.104. The molecule has 10 heteroatoms. The van der Waals surface area contributed by atoms with E-state index in [-0.39, 0.29) is 29.4 Å². The van der Waals surface area contributed by atoms with Crippen LogP contribution in [0, 0.1) is 11.8 Å². The fourth-order valence-electron chi connectivity index (χ4n) is 3.59. The summed E-state index contributed by atoms with van der Waals surface area (Å²) in [6.45, 7) is 11.2. The van der Waals surface area contributed by atoms with Crippen molar-refractivity contribution >= 4 is 37.7 Å². The Bertz CT molecular complexity index is 534. The Kier molecular flexibility index (Phi) is 11.3. The van der Waals surface area contributed by atoms with E-state index < -0.39 is 26.5 Å². The van der Waals surface area contributed by atoms with E-state index in [2.05, 4.69) is 15.8 Å². The zero-order valence-electron chi connectivity index (χ0n) is 17.5. The van der Waals surface area contributed by atoms with Gasteiger partial charge in [0.25, 0.3) is 0 Å². The normalized spacial score (nSPS) is 27.6. The standard InChI is InChI=1S/C16H28ClN4O4P.C2H6/c1-4-8-26(19-5-2)25-16(24)21-14-11(6-7-18-21)10(3)13(12(22)9-17)20-15(14)23;1-2/h10-11,13-14,18-19H,4-9H2,1-3H3,(H,20,23);1-2H3. The predicted octanol–water partition coefficient (Wildman–Crippen LogP) is 2.62. The Labute approximate surface area is 174 Å². The molecule has 5 atom stereocenters. The van der Waals surface area contributed by atoms with Crippen molar-refractivity contribution in [2.75, 3.05) is 25.1 Å². The molecule has 2 aliphatic rings. The molecule has 5 unspecified atom stereocenters. The van der Waals surface area contributed by atoms with Gasteiger partial charge < -0.3 is 9.84 Å². The topological polar surface area (TPSA) is 99.8 Å². The number of hydrogen-bond donors (Lipinski definition) is 3. The molecule has 2 fully saturated rings. The summed E-state index contributed by atoms with van der Waals surface area (Å²) in [6, 6.07) is -1.29. The van der Waals surface area contributed by atoms with Gasteiger partial charge in [-0.3, -0.25) is 14.7 Å². The second-order valence-corrected chi connectivity index (χ2v) is 8.56. The molecule has 8 nitrogen and oxygen atoms in total. The largest absolute Gasteiger partial charge is 0.428 e. The molecule has 0 aromatic rings. The van der Waals surface area contributed by atoms with Crippen molar-refractivity contribution in [3.63, 3.8) is 0 Å². The summed E-state index contributed by atoms with van der Waals surface area (Å²) < 4.78 is 5.61. The quantitative estimate of drug-likeness (QED) is 0.419. The van der Waals surface area contributed by atoms with Gasteiger partial charge in [0.15, 0.2) is 14.1 Å². The van der Waals surface area contributed by atoms with Crippen LogP contribution >= 0.6 is 19.9 Å². The van der Waals surface area contributed by atoms with Gasteiger partial charge in [0.05, 0.1) is 11.9 Å². The molecule has 0 aliphatic carbocycles. The van der Waals surface area contributed by atoms with E-state index in [0.29, 0.717) is 19.5 Å². The number of fused-ring (bicyclic) bond motifs is 1. The van der Waals surface area contributed by atoms with Crippen molar-refractivity contribution in [1.29, 1.82) is 0 Å². The first-order valence-electron chi connectivity index (χ1n) is 10.1. The molecular weight excluding hydrogens is 403 g/mol. The maximum atomic E-state index is 12.7. The Hall–Kier alpha value is -0.950. The first-order valence-corrected chi connectivity index (χ1v) is 12.1. The molecular formula is C18H34ClN4O4P. The van der Waals surface area contributed by atoms with Gasteiger partial charge in [-0.1, -0.05) is 34.6 Å². The average Bonchev–Trinajstić information content (AvgIpc) is 2.71. The molecule has 28 heavy (non-hydrogen) atoms. The van der Waals surface area contributed by atoms with Crippen LogP contribution in [0.3, 0.4) is 0 Å². The van der Waals surface area contributed by atoms with Crippen LogP contribution in [0.25, 0.3) is 0 Å². The van der Waals surface area contributed by atoms with Crippen LogP contribution in [-0.2, 0) is 14.1 Å². The SMILES string of the molecule is CC.CCCP(NCC)OC(=O)N1NCCC2C(C)C(C(=O)CCl)NC(=O)C21. The summed E-state index contributed by atoms with van der Waals surface area (Å²) in [4.78, 5) is 37.4. The fourth-order valence-corrected chi connectivity index (χ4v) is 5.10. The van der Waals surface area contributed by atoms with Gasteiger partial charge in [-0.05, 0) is 31.2 Å². The number of piperidine rings is 1. The lowest BCUT2D eigenvalue weighted by atomic mass is 9.74. The van der Waals surface area contributed by atoms with Crippen molar-refractivity contribution in [2.45, 2.75) is 59.5 Å². The summed E-state index contributed by atoms with van der Waals surface area (Å²) in [7, 11) is -1.08. The number of amides is 2. The van der Waals surface area contributed by atoms with Crippen molar-refractivity contribution in [1.82, 2.24) is 20.8 Å². The number of carbonyl (C=O) groups is 3. The van der Waals surface area contributed by atoms with Gasteiger partial charge in [0.2, 0.25) is 5.91 Å². The predicted molar refractivity (Wildman–Crippen MR) is 112 cm³/mol. The smallest absolute Gasteiger partial charge is 0.411 e. The highest BCUT2D eigenvalue weighted by atomic mass is 35.5. The van der Waals surface area contributed by atoms with Gasteiger partial charge in [0.1, 0.15) is 6.04 Å². The molecule has 162 valence electrons. The van der Waals surface area contributed by atoms with Gasteiger partial charge in [-0.25, -0.2) is 15.2 Å². The van der Waals surface area contributed by atoms with E-state index >= 15 is 0 Å². The molecule has 2 rings (SSSR count). The number of halogens is 1. The number of ketones is 1. The van der Waals surface area contributed by atoms with Crippen LogP contribution in [0.1, 0.15) is 47.5 Å². The Morgan fingerprint density at radius 3 is 2.61 bits per heavy atom. The second kappa shape index (κ2) is 12.6. The lowest BCUT2D eigenvalue weighted by Crippen LogP contribution is -2.69. The number of hydrazine groups is 1. The second-order valence-electron chi connectivity index (χ2n) is 6.59. The van der Waals surface area contributed by atoms with Crippen LogP contribution in [-0.4, -0.2) is 60.0 Å². The monoisotopic (exact) mass is 436 g/mol. The minimum atomic E-state index is -1.08. The molecule has 3 N–H and O–H groups in total. The van der Waals surface area contributed by atoms with E-state index in [1.54, 1.807) is 0 Å². The summed E-state index contributed by atoms with van der Waals surface area (Å²) in [6.07, 6.45) is 1.80. The number of nitrogens with zero attached hydrogens (tertiary/aromatic N) is 1. The summed E-state index contributed by atoms with van der Waals surface area (Å²) in [5.41, 5.74) is 2.99. The first-order chi connectivity index (χ1) is 13.4. The van der Waals surface area contributed by atoms with Crippen LogP contribution in [0.2, 0.25) is 0 Å². The van der Waals surface area contributed by atoms with Crippen LogP contribution in [0.4, 0.5) is 4.79 Å². The summed E-state index contributed by atoms with van der Waals surface area (Å²) >= 11 is 5.67. The lowest BCUT2D eigenvalue weighted by Gasteiger charge is -2.47. The van der Waals surface area contributed by atoms with Crippen molar-refractivity contribution in [2.24, 2.45) is 11.8 Å². The summed E-state index contributed by atoms with van der Waals surface area (Å²) in [5.74, 6) is -0.902. The van der Waals surface area contributed by atoms with Crippen molar-refractivity contribution in [3.05, 3.63) is 0 Å². The number of rotatable bonds is 7. The summed E-state index contributed by atoms with van der Waals surface area (Å²) in [5, 5.41) is 7.21. The number of nitrogens with one attached hydrogen (secondary N) is 3. The van der Waals surface area contributed by atoms with E-state index in [4.69, 9.17) is 16.1 Å². The molecule has 2 saturated heterocycles. The highest BCUT2D eigenvalue weighted by Gasteiger charge is 2.50. The van der Waals surface area contributed by atoms with Gasteiger partial charge in [0, 0.05) is 12.7 Å². The third kappa shape index (κ3) is 6.02. The molecule has 0 saturated carbocycles. The Morgan fingerprint density at radius 1 is 1.36 bits per heavy atom. The van der Waals surface area contributed by atoms with E-state index in [1.165, 1.54) is 5.01 Å². The molecule has 0 aromatic carbocycles. The zero-order valence-corrected chi connectivity index (χ0v) is 19.1. The van der Waals surface area contributed by atoms with Crippen LogP contribution < -0.4 is 15.8 Å². The third-order valence-electron chi connectivity index (χ3n) is 4.84. The number of carbonyl (C=O) groups excluding carboxylic acids is 3. The highest BCUT2D eigenvalue weighted by molar-refractivity contribution is 7.50. The molecule has 0 radical (unpaired) electrons. The van der Waals surface area contributed by atoms with Crippen LogP contribution in [0.5, 0.6) is 0 Å². The fraction of sp³-hybridized carbons (Fsp3) is 0.833. The molecule has 2 heterocycles. The van der Waals surface area contributed by atoms with E-state index in [1.807, 2.05) is 34.6 Å². The minimum Gasteiger partial charge on any atom is -0.411 e. The van der Waals surface area contributed by atoms with Gasteiger partial charge in [-0.2, -0.15) is 0 Å². The van der Waals surface area contributed by atoms with Crippen LogP contribution in [0.15, 0.2) is 0 Å². The zero-order chi connectivity index (χ0) is 21.3. The molecule has 0 spiro atoms. The number of Topliss-reactive ketones (excluding diaryl/α,β-unsaturated/α-hetero) is 1.